The Morgan fingerprint density at radius 3 is 2.31 bits per heavy atom. The average molecular weight is 388 g/mol. The van der Waals surface area contributed by atoms with E-state index < -0.39 is 0 Å². The van der Waals surface area contributed by atoms with Crippen molar-refractivity contribution in [1.29, 1.82) is 0 Å². The van der Waals surface area contributed by atoms with E-state index in [4.69, 9.17) is 16.3 Å². The summed E-state index contributed by atoms with van der Waals surface area (Å²) in [4.78, 5) is 27.8. The molecule has 0 radical (unpaired) electrons. The van der Waals surface area contributed by atoms with Crippen LogP contribution in [0.3, 0.4) is 0 Å². The van der Waals surface area contributed by atoms with Crippen LogP contribution < -0.4 is 9.64 Å². The second-order valence-electron chi connectivity index (χ2n) is 6.00. The van der Waals surface area contributed by atoms with Gasteiger partial charge in [0.1, 0.15) is 5.75 Å². The van der Waals surface area contributed by atoms with Crippen molar-refractivity contribution in [1.82, 2.24) is 0 Å². The Morgan fingerprint density at radius 1 is 1.04 bits per heavy atom. The number of thioether (sulfide) groups is 1. The minimum atomic E-state index is -0.342. The number of imide groups is 1. The topological polar surface area (TPSA) is 46.6 Å². The van der Waals surface area contributed by atoms with Crippen molar-refractivity contribution in [3.63, 3.8) is 0 Å². The average Bonchev–Trinajstić information content (AvgIpc) is 2.85. The fourth-order valence-corrected chi connectivity index (χ4v) is 3.98. The normalized spacial score (nSPS) is 14.6. The van der Waals surface area contributed by atoms with E-state index in [-0.39, 0.29) is 17.1 Å². The first-order valence-corrected chi connectivity index (χ1v) is 9.38. The molecule has 0 N–H and O–H groups in total. The maximum absolute atomic E-state index is 13.1. The lowest BCUT2D eigenvalue weighted by atomic mass is 10.1. The fraction of sp³-hybridized carbons (Fsp3) is 0.200. The summed E-state index contributed by atoms with van der Waals surface area (Å²) in [6.07, 6.45) is 0. The molecule has 0 fully saturated rings. The smallest absolute Gasteiger partial charge is 0.272 e. The molecule has 134 valence electrons. The molecule has 2 aromatic rings. The van der Waals surface area contributed by atoms with E-state index in [9.17, 15) is 9.59 Å². The molecule has 1 heterocycles. The maximum atomic E-state index is 13.1. The molecular weight excluding hydrogens is 370 g/mol. The van der Waals surface area contributed by atoms with E-state index in [2.05, 4.69) is 0 Å². The first-order valence-electron chi connectivity index (χ1n) is 8.12. The molecule has 1 aliphatic heterocycles. The molecule has 0 spiro atoms. The Labute approximate surface area is 161 Å². The Morgan fingerprint density at radius 2 is 1.73 bits per heavy atom. The first-order chi connectivity index (χ1) is 12.4. The number of anilines is 1. The first kappa shape index (κ1) is 18.5. The predicted octanol–water partition coefficient (Wildman–Crippen LogP) is 4.77. The molecule has 2 aromatic carbocycles. The lowest BCUT2D eigenvalue weighted by molar-refractivity contribution is -0.119. The number of halogens is 1. The van der Waals surface area contributed by atoms with Crippen molar-refractivity contribution in [3.8, 4) is 5.75 Å². The molecule has 0 aliphatic carbocycles. The fourth-order valence-electron chi connectivity index (χ4n) is 2.74. The van der Waals surface area contributed by atoms with Crippen LogP contribution in [0.2, 0.25) is 5.02 Å². The van der Waals surface area contributed by atoms with Gasteiger partial charge < -0.3 is 4.74 Å². The van der Waals surface area contributed by atoms with Crippen LogP contribution >= 0.6 is 23.4 Å². The van der Waals surface area contributed by atoms with Crippen molar-refractivity contribution < 1.29 is 14.3 Å². The zero-order valence-corrected chi connectivity index (χ0v) is 16.2. The number of carbonyl (C=O) groups is 2. The van der Waals surface area contributed by atoms with Crippen LogP contribution in [-0.2, 0) is 9.59 Å². The number of ether oxygens (including phenoxy) is 1. The number of hydrogen-bond acceptors (Lipinski definition) is 4. The highest BCUT2D eigenvalue weighted by atomic mass is 35.5. The molecule has 1 aliphatic rings. The summed E-state index contributed by atoms with van der Waals surface area (Å²) in [7, 11) is 1.51. The molecule has 0 bridgehead atoms. The predicted molar refractivity (Wildman–Crippen MR) is 107 cm³/mol. The quantitative estimate of drug-likeness (QED) is 0.693. The maximum Gasteiger partial charge on any atom is 0.272 e. The Bertz CT molecular complexity index is 893. The van der Waals surface area contributed by atoms with Gasteiger partial charge in [0, 0.05) is 5.25 Å². The summed E-state index contributed by atoms with van der Waals surface area (Å²) < 4.78 is 5.15. The summed E-state index contributed by atoms with van der Waals surface area (Å²) in [5.41, 5.74) is 1.59. The highest BCUT2D eigenvalue weighted by Crippen LogP contribution is 2.41. The van der Waals surface area contributed by atoms with Crippen LogP contribution in [0.25, 0.3) is 5.57 Å². The number of rotatable bonds is 5. The van der Waals surface area contributed by atoms with Gasteiger partial charge in [-0.3, -0.25) is 9.59 Å². The molecule has 4 nitrogen and oxygen atoms in total. The Hall–Kier alpha value is -2.24. The van der Waals surface area contributed by atoms with Crippen LogP contribution in [0.4, 0.5) is 5.69 Å². The van der Waals surface area contributed by atoms with Crippen LogP contribution in [-0.4, -0.2) is 24.2 Å². The zero-order valence-electron chi connectivity index (χ0n) is 14.7. The summed E-state index contributed by atoms with van der Waals surface area (Å²) in [5, 5.41) is 0.511. The molecule has 0 unspecified atom stereocenters. The number of carbonyl (C=O) groups excluding carboxylic acids is 2. The van der Waals surface area contributed by atoms with Gasteiger partial charge in [-0.1, -0.05) is 55.8 Å². The van der Waals surface area contributed by atoms with Gasteiger partial charge in [0.15, 0.2) is 0 Å². The molecule has 0 saturated carbocycles. The third-order valence-electron chi connectivity index (χ3n) is 3.85. The molecule has 6 heteroatoms. The van der Waals surface area contributed by atoms with Crippen LogP contribution in [0.5, 0.6) is 5.75 Å². The van der Waals surface area contributed by atoms with E-state index in [1.807, 2.05) is 44.2 Å². The zero-order chi connectivity index (χ0) is 18.8. The monoisotopic (exact) mass is 387 g/mol. The SMILES string of the molecule is COc1ccc(N2C(=O)C(SC(C)C)=C(c3ccccc3)C2=O)cc1Cl. The molecular formula is C20H18ClNO3S. The molecule has 3 rings (SSSR count). The van der Waals surface area contributed by atoms with E-state index >= 15 is 0 Å². The van der Waals surface area contributed by atoms with E-state index in [1.54, 1.807) is 18.2 Å². The number of methoxy groups -OCH3 is 1. The molecule has 0 saturated heterocycles. The van der Waals surface area contributed by atoms with Crippen LogP contribution in [0, 0.1) is 0 Å². The highest BCUT2D eigenvalue weighted by Gasteiger charge is 2.40. The lowest BCUT2D eigenvalue weighted by Gasteiger charge is -2.16. The van der Waals surface area contributed by atoms with Gasteiger partial charge in [-0.05, 0) is 23.8 Å². The van der Waals surface area contributed by atoms with E-state index in [0.717, 1.165) is 5.56 Å². The van der Waals surface area contributed by atoms with E-state index in [0.29, 0.717) is 26.9 Å². The van der Waals surface area contributed by atoms with Gasteiger partial charge in [0.05, 0.1) is 28.3 Å². The van der Waals surface area contributed by atoms with Gasteiger partial charge in [-0.25, -0.2) is 4.90 Å². The number of benzene rings is 2. The van der Waals surface area contributed by atoms with Gasteiger partial charge in [0.25, 0.3) is 11.8 Å². The Kier molecular flexibility index (Phi) is 5.39. The second-order valence-corrected chi connectivity index (χ2v) is 8.00. The summed E-state index contributed by atoms with van der Waals surface area (Å²) in [6.45, 7) is 3.98. The van der Waals surface area contributed by atoms with Gasteiger partial charge in [0.2, 0.25) is 0 Å². The number of hydrogen-bond donors (Lipinski definition) is 0. The third kappa shape index (κ3) is 3.37. The van der Waals surface area contributed by atoms with Crippen LogP contribution in [0.15, 0.2) is 53.4 Å². The van der Waals surface area contributed by atoms with Crippen molar-refractivity contribution in [3.05, 3.63) is 64.0 Å². The van der Waals surface area contributed by atoms with Crippen molar-refractivity contribution in [2.75, 3.05) is 12.0 Å². The molecule has 2 amide bonds. The molecule has 26 heavy (non-hydrogen) atoms. The van der Waals surface area contributed by atoms with Gasteiger partial charge in [-0.2, -0.15) is 0 Å². The lowest BCUT2D eigenvalue weighted by Crippen LogP contribution is -2.31. The Balaban J connectivity index is 2.08. The minimum absolute atomic E-state index is 0.167. The standard InChI is InChI=1S/C20H18ClNO3S/c1-12(2)26-18-17(13-7-5-4-6-8-13)19(23)22(20(18)24)14-9-10-16(25-3)15(21)11-14/h4-12H,1-3H3. The summed E-state index contributed by atoms with van der Waals surface area (Å²) in [5.74, 6) is -0.179. The van der Waals surface area contributed by atoms with Crippen molar-refractivity contribution in [2.24, 2.45) is 0 Å². The minimum Gasteiger partial charge on any atom is -0.495 e. The largest absolute Gasteiger partial charge is 0.495 e. The second kappa shape index (κ2) is 7.56. The molecule has 0 aromatic heterocycles. The summed E-state index contributed by atoms with van der Waals surface area (Å²) in [6, 6.07) is 14.1. The molecule has 0 atom stereocenters. The van der Waals surface area contributed by atoms with Gasteiger partial charge in [-0.15, -0.1) is 11.8 Å². The third-order valence-corrected chi connectivity index (χ3v) is 5.23. The van der Waals surface area contributed by atoms with E-state index in [1.165, 1.54) is 23.8 Å². The summed E-state index contributed by atoms with van der Waals surface area (Å²) >= 11 is 7.58. The van der Waals surface area contributed by atoms with Crippen molar-refractivity contribution >= 4 is 46.4 Å². The number of nitrogens with zero attached hydrogens (tertiary/aromatic N) is 1. The van der Waals surface area contributed by atoms with Crippen molar-refractivity contribution in [2.45, 2.75) is 19.1 Å². The van der Waals surface area contributed by atoms with Crippen LogP contribution in [0.1, 0.15) is 19.4 Å². The van der Waals surface area contributed by atoms with Gasteiger partial charge >= 0.3 is 0 Å². The number of amides is 2. The highest BCUT2D eigenvalue weighted by molar-refractivity contribution is 8.04.